The molecule has 0 saturated heterocycles. The zero-order chi connectivity index (χ0) is 18.1. The van der Waals surface area contributed by atoms with Crippen molar-refractivity contribution in [3.63, 3.8) is 0 Å². The van der Waals surface area contributed by atoms with Crippen LogP contribution in [0.2, 0.25) is 5.02 Å². The van der Waals surface area contributed by atoms with Gasteiger partial charge in [0.15, 0.2) is 5.06 Å². The van der Waals surface area contributed by atoms with Crippen LogP contribution in [0.1, 0.15) is 23.7 Å². The minimum atomic E-state index is -0.911. The second kappa shape index (κ2) is 6.98. The lowest BCUT2D eigenvalue weighted by Gasteiger charge is -2.08. The molecule has 0 aliphatic heterocycles. The van der Waals surface area contributed by atoms with Crippen LogP contribution in [0.4, 0.5) is 0 Å². The summed E-state index contributed by atoms with van der Waals surface area (Å²) in [6, 6.07) is 5.21. The van der Waals surface area contributed by atoms with E-state index < -0.39 is 5.97 Å². The lowest BCUT2D eigenvalue weighted by molar-refractivity contribution is -0.136. The largest absolute Gasteiger partial charge is 0.506 e. The average Bonchev–Trinajstić information content (AvgIpc) is 3.08. The third kappa shape index (κ3) is 3.45. The molecule has 0 aliphatic rings. The molecular formula is C18H18ClNO4S. The van der Waals surface area contributed by atoms with Gasteiger partial charge < -0.3 is 19.5 Å². The number of aromatic nitrogens is 1. The quantitative estimate of drug-likeness (QED) is 0.664. The van der Waals surface area contributed by atoms with Gasteiger partial charge in [0, 0.05) is 17.6 Å². The monoisotopic (exact) mass is 379 g/mol. The zero-order valence-corrected chi connectivity index (χ0v) is 15.4. The Balaban J connectivity index is 2.10. The number of halogens is 1. The molecule has 3 aromatic rings. The minimum absolute atomic E-state index is 0.0490. The minimum Gasteiger partial charge on any atom is -0.506 e. The van der Waals surface area contributed by atoms with E-state index >= 15 is 0 Å². The third-order valence-corrected chi connectivity index (χ3v) is 5.30. The van der Waals surface area contributed by atoms with Crippen LogP contribution < -0.4 is 4.74 Å². The summed E-state index contributed by atoms with van der Waals surface area (Å²) >= 11 is 7.61. The number of phenolic OH excluding ortho intramolecular Hbond substituents is 1. The predicted octanol–water partition coefficient (Wildman–Crippen LogP) is 4.44. The van der Waals surface area contributed by atoms with Gasteiger partial charge in [-0.2, -0.15) is 0 Å². The van der Waals surface area contributed by atoms with Gasteiger partial charge in [-0.3, -0.25) is 4.79 Å². The number of ether oxygens (including phenoxy) is 1. The summed E-state index contributed by atoms with van der Waals surface area (Å²) in [5.41, 5.74) is 3.41. The summed E-state index contributed by atoms with van der Waals surface area (Å²) < 4.78 is 7.54. The Hall–Kier alpha value is -2.18. The molecule has 0 amide bonds. The first-order valence-electron chi connectivity index (χ1n) is 7.82. The molecule has 0 atom stereocenters. The van der Waals surface area contributed by atoms with Crippen LogP contribution in [0.15, 0.2) is 23.6 Å². The number of benzene rings is 1. The molecular weight excluding hydrogens is 362 g/mol. The van der Waals surface area contributed by atoms with Gasteiger partial charge >= 0.3 is 5.97 Å². The highest BCUT2D eigenvalue weighted by molar-refractivity contribution is 7.12. The summed E-state index contributed by atoms with van der Waals surface area (Å²) in [5.74, 6) is -0.960. The normalized spacial score (nSPS) is 11.2. The van der Waals surface area contributed by atoms with E-state index in [1.165, 1.54) is 11.3 Å². The van der Waals surface area contributed by atoms with Crippen LogP contribution in [0.3, 0.4) is 0 Å². The number of nitrogens with zero attached hydrogens (tertiary/aromatic N) is 1. The molecule has 5 nitrogen and oxygen atoms in total. The molecule has 0 aliphatic carbocycles. The Morgan fingerprint density at radius 3 is 2.80 bits per heavy atom. The summed E-state index contributed by atoms with van der Waals surface area (Å²) in [6.45, 7) is 5.02. The molecule has 0 unspecified atom stereocenters. The van der Waals surface area contributed by atoms with E-state index in [1.807, 2.05) is 29.9 Å². The van der Waals surface area contributed by atoms with E-state index in [2.05, 4.69) is 0 Å². The molecule has 0 radical (unpaired) electrons. The number of hydrogen-bond acceptors (Lipinski definition) is 4. The highest BCUT2D eigenvalue weighted by Crippen LogP contribution is 2.35. The molecule has 25 heavy (non-hydrogen) atoms. The van der Waals surface area contributed by atoms with Crippen molar-refractivity contribution in [2.45, 2.75) is 26.8 Å². The number of rotatable bonds is 6. The Bertz CT molecular complexity index is 944. The number of carboxylic acids is 1. The van der Waals surface area contributed by atoms with Crippen LogP contribution in [0.25, 0.3) is 10.9 Å². The maximum atomic E-state index is 11.2. The molecule has 0 spiro atoms. The van der Waals surface area contributed by atoms with Crippen LogP contribution >= 0.6 is 22.9 Å². The number of phenols is 1. The second-order valence-corrected chi connectivity index (χ2v) is 7.03. The Morgan fingerprint density at radius 1 is 1.36 bits per heavy atom. The molecule has 3 rings (SSSR count). The first kappa shape index (κ1) is 17.6. The fraction of sp³-hybridized carbons (Fsp3) is 0.278. The van der Waals surface area contributed by atoms with Gasteiger partial charge in [-0.05, 0) is 48.6 Å². The molecule has 0 saturated carbocycles. The highest BCUT2D eigenvalue weighted by atomic mass is 35.5. The van der Waals surface area contributed by atoms with Crippen molar-refractivity contribution in [2.75, 3.05) is 6.61 Å². The van der Waals surface area contributed by atoms with E-state index in [0.29, 0.717) is 24.1 Å². The van der Waals surface area contributed by atoms with Crippen molar-refractivity contribution in [1.29, 1.82) is 0 Å². The number of carbonyl (C=O) groups is 1. The number of aliphatic carboxylic acids is 1. The molecule has 0 bridgehead atoms. The fourth-order valence-electron chi connectivity index (χ4n) is 2.97. The number of fused-ring (bicyclic) bond motifs is 1. The molecule has 7 heteroatoms. The van der Waals surface area contributed by atoms with Gasteiger partial charge in [0.25, 0.3) is 0 Å². The molecule has 2 N–H and O–H groups in total. The predicted molar refractivity (Wildman–Crippen MR) is 99.3 cm³/mol. The van der Waals surface area contributed by atoms with E-state index in [1.54, 1.807) is 12.1 Å². The van der Waals surface area contributed by atoms with Gasteiger partial charge in [0.1, 0.15) is 5.75 Å². The first-order chi connectivity index (χ1) is 11.9. The average molecular weight is 380 g/mol. The summed E-state index contributed by atoms with van der Waals surface area (Å²) in [4.78, 5) is 11.2. The van der Waals surface area contributed by atoms with Gasteiger partial charge in [0.2, 0.25) is 0 Å². The lowest BCUT2D eigenvalue weighted by atomic mass is 10.1. The lowest BCUT2D eigenvalue weighted by Crippen LogP contribution is -2.04. The summed E-state index contributed by atoms with van der Waals surface area (Å²) in [7, 11) is 0. The Labute approximate surface area is 154 Å². The summed E-state index contributed by atoms with van der Waals surface area (Å²) in [5, 5.41) is 23.0. The standard InChI is InChI=1S/C18H18ClNO4S/c1-3-24-18-4-11(9-25-18)8-20-10(2)12(6-17(22)23)13-5-16(21)14(19)7-15(13)20/h4-5,7,9,21H,3,6,8H2,1-2H3,(H,22,23). The highest BCUT2D eigenvalue weighted by Gasteiger charge is 2.19. The van der Waals surface area contributed by atoms with E-state index in [-0.39, 0.29) is 17.2 Å². The van der Waals surface area contributed by atoms with Crippen LogP contribution in [-0.4, -0.2) is 27.4 Å². The van der Waals surface area contributed by atoms with Crippen LogP contribution in [0, 0.1) is 6.92 Å². The molecule has 132 valence electrons. The van der Waals surface area contributed by atoms with E-state index in [4.69, 9.17) is 16.3 Å². The van der Waals surface area contributed by atoms with Crippen molar-refractivity contribution in [3.05, 3.63) is 45.4 Å². The van der Waals surface area contributed by atoms with Crippen LogP contribution in [-0.2, 0) is 17.8 Å². The Kier molecular flexibility index (Phi) is 4.92. The maximum Gasteiger partial charge on any atom is 0.307 e. The number of thiophene rings is 1. The van der Waals surface area contributed by atoms with Crippen molar-refractivity contribution < 1.29 is 19.7 Å². The van der Waals surface area contributed by atoms with Crippen LogP contribution in [0.5, 0.6) is 10.8 Å². The first-order valence-corrected chi connectivity index (χ1v) is 9.08. The summed E-state index contributed by atoms with van der Waals surface area (Å²) in [6.07, 6.45) is -0.107. The second-order valence-electron chi connectivity index (χ2n) is 5.75. The molecule has 1 aromatic carbocycles. The van der Waals surface area contributed by atoms with Crippen molar-refractivity contribution in [2.24, 2.45) is 0 Å². The van der Waals surface area contributed by atoms with Crippen molar-refractivity contribution in [3.8, 4) is 10.8 Å². The van der Waals surface area contributed by atoms with Crippen molar-refractivity contribution in [1.82, 2.24) is 4.57 Å². The number of hydrogen-bond donors (Lipinski definition) is 2. The number of aromatic hydroxyl groups is 1. The maximum absolute atomic E-state index is 11.2. The SMILES string of the molecule is CCOc1cc(Cn2c(C)c(CC(=O)O)c3cc(O)c(Cl)cc32)cs1. The molecule has 0 fully saturated rings. The van der Waals surface area contributed by atoms with Gasteiger partial charge in [-0.15, -0.1) is 11.3 Å². The molecule has 2 heterocycles. The van der Waals surface area contributed by atoms with Crippen molar-refractivity contribution >= 4 is 39.8 Å². The fourth-order valence-corrected chi connectivity index (χ4v) is 3.94. The van der Waals surface area contributed by atoms with Gasteiger partial charge in [-0.1, -0.05) is 11.6 Å². The number of carboxylic acid groups (broad SMARTS) is 1. The van der Waals surface area contributed by atoms with Gasteiger partial charge in [-0.25, -0.2) is 0 Å². The smallest absolute Gasteiger partial charge is 0.307 e. The van der Waals surface area contributed by atoms with Gasteiger partial charge in [0.05, 0.1) is 23.6 Å². The topological polar surface area (TPSA) is 71.7 Å². The zero-order valence-electron chi connectivity index (χ0n) is 13.9. The van der Waals surface area contributed by atoms with E-state index in [0.717, 1.165) is 21.8 Å². The molecule has 2 aromatic heterocycles. The Morgan fingerprint density at radius 2 is 2.12 bits per heavy atom. The van der Waals surface area contributed by atoms with E-state index in [9.17, 15) is 15.0 Å². The third-order valence-electron chi connectivity index (χ3n) is 4.11.